The van der Waals surface area contributed by atoms with Gasteiger partial charge in [-0.1, -0.05) is 19.1 Å². The Morgan fingerprint density at radius 3 is 2.03 bits per heavy atom. The summed E-state index contributed by atoms with van der Waals surface area (Å²) < 4.78 is 16.8. The number of pyridine rings is 1. The third-order valence-corrected chi connectivity index (χ3v) is 5.17. The third kappa shape index (κ3) is 5.15. The molecule has 1 heterocycles. The number of ether oxygens (including phenoxy) is 3. The first-order valence-corrected chi connectivity index (χ1v) is 10.5. The molecule has 0 bridgehead atoms. The number of benzene rings is 3. The van der Waals surface area contributed by atoms with Crippen molar-refractivity contribution >= 4 is 28.3 Å². The van der Waals surface area contributed by atoms with E-state index in [0.717, 1.165) is 23.0 Å². The molecule has 4 rings (SSSR count). The van der Waals surface area contributed by atoms with Crippen molar-refractivity contribution in [1.29, 1.82) is 0 Å². The highest BCUT2D eigenvalue weighted by Gasteiger charge is 2.11. The summed E-state index contributed by atoms with van der Waals surface area (Å²) in [5.41, 5.74) is 3.33. The molecule has 0 aliphatic rings. The van der Waals surface area contributed by atoms with Gasteiger partial charge in [0.2, 0.25) is 0 Å². The molecule has 2 amide bonds. The maximum absolute atomic E-state index is 12.3. The molecule has 0 spiro atoms. The van der Waals surface area contributed by atoms with Crippen molar-refractivity contribution in [3.63, 3.8) is 0 Å². The molecule has 0 fully saturated rings. The van der Waals surface area contributed by atoms with Gasteiger partial charge in [-0.05, 0) is 60.5 Å². The Morgan fingerprint density at radius 2 is 1.42 bits per heavy atom. The first-order chi connectivity index (χ1) is 16.1. The Hall–Kier alpha value is -4.26. The molecule has 0 atom stereocenters. The number of hydrogen-bond acceptors (Lipinski definition) is 5. The third-order valence-electron chi connectivity index (χ3n) is 5.17. The molecule has 33 heavy (non-hydrogen) atoms. The number of aromatic nitrogens is 1. The summed E-state index contributed by atoms with van der Waals surface area (Å²) in [7, 11) is 3.17. The Kier molecular flexibility index (Phi) is 6.59. The lowest BCUT2D eigenvalue weighted by Crippen LogP contribution is -2.19. The second-order valence-electron chi connectivity index (χ2n) is 7.29. The summed E-state index contributed by atoms with van der Waals surface area (Å²) in [6, 6.07) is 20.0. The Morgan fingerprint density at radius 1 is 0.818 bits per heavy atom. The number of anilines is 2. The summed E-state index contributed by atoms with van der Waals surface area (Å²) >= 11 is 0. The summed E-state index contributed by atoms with van der Waals surface area (Å²) in [4.78, 5) is 16.7. The van der Waals surface area contributed by atoms with Gasteiger partial charge >= 0.3 is 6.03 Å². The van der Waals surface area contributed by atoms with Gasteiger partial charge < -0.3 is 24.8 Å². The van der Waals surface area contributed by atoms with Gasteiger partial charge in [-0.15, -0.1) is 0 Å². The number of nitrogens with zero attached hydrogens (tertiary/aromatic N) is 1. The van der Waals surface area contributed by atoms with E-state index in [2.05, 4.69) is 22.5 Å². The van der Waals surface area contributed by atoms with Crippen LogP contribution in [0.5, 0.6) is 23.0 Å². The molecule has 7 heteroatoms. The van der Waals surface area contributed by atoms with Gasteiger partial charge in [-0.25, -0.2) is 4.79 Å². The largest absolute Gasteiger partial charge is 0.493 e. The molecular weight excluding hydrogens is 418 g/mol. The molecule has 0 saturated carbocycles. The first kappa shape index (κ1) is 22.0. The minimum atomic E-state index is -0.311. The van der Waals surface area contributed by atoms with Crippen LogP contribution in [0.2, 0.25) is 0 Å². The Labute approximate surface area is 192 Å². The van der Waals surface area contributed by atoms with Crippen molar-refractivity contribution in [2.24, 2.45) is 0 Å². The zero-order valence-electron chi connectivity index (χ0n) is 18.7. The standard InChI is InChI=1S/C26H25N3O4/c1-4-17-5-7-18(8-6-17)28-26(30)29-19-9-11-20(12-10-19)33-23-13-14-27-22-16-25(32-3)24(31-2)15-21(22)23/h5-16H,4H2,1-3H3,(H2,28,29,30). The van der Waals surface area contributed by atoms with Gasteiger partial charge in [-0.3, -0.25) is 4.98 Å². The normalized spacial score (nSPS) is 10.5. The molecule has 3 aromatic carbocycles. The van der Waals surface area contributed by atoms with Gasteiger partial charge in [0.1, 0.15) is 11.5 Å². The van der Waals surface area contributed by atoms with Crippen molar-refractivity contribution in [1.82, 2.24) is 4.98 Å². The SMILES string of the molecule is CCc1ccc(NC(=O)Nc2ccc(Oc3ccnc4cc(OC)c(OC)cc34)cc2)cc1. The first-order valence-electron chi connectivity index (χ1n) is 10.5. The molecule has 0 aliphatic carbocycles. The highest BCUT2D eigenvalue weighted by atomic mass is 16.5. The van der Waals surface area contributed by atoms with E-state index in [1.54, 1.807) is 50.7 Å². The fraction of sp³-hybridized carbons (Fsp3) is 0.154. The lowest BCUT2D eigenvalue weighted by Gasteiger charge is -2.13. The van der Waals surface area contributed by atoms with Gasteiger partial charge in [0.25, 0.3) is 0 Å². The van der Waals surface area contributed by atoms with E-state index in [4.69, 9.17) is 14.2 Å². The van der Waals surface area contributed by atoms with Crippen molar-refractivity contribution < 1.29 is 19.0 Å². The van der Waals surface area contributed by atoms with Crippen LogP contribution >= 0.6 is 0 Å². The molecular formula is C26H25N3O4. The number of methoxy groups -OCH3 is 2. The van der Waals surface area contributed by atoms with E-state index in [1.165, 1.54) is 5.56 Å². The van der Waals surface area contributed by atoms with Crippen LogP contribution in [0.4, 0.5) is 16.2 Å². The average molecular weight is 444 g/mol. The fourth-order valence-corrected chi connectivity index (χ4v) is 3.39. The topological polar surface area (TPSA) is 81.7 Å². The lowest BCUT2D eigenvalue weighted by molar-refractivity contribution is 0.262. The predicted molar refractivity (Wildman–Crippen MR) is 130 cm³/mol. The van der Waals surface area contributed by atoms with Gasteiger partial charge in [-0.2, -0.15) is 0 Å². The van der Waals surface area contributed by atoms with E-state index < -0.39 is 0 Å². The quantitative estimate of drug-likeness (QED) is 0.353. The number of urea groups is 1. The zero-order chi connectivity index (χ0) is 23.2. The predicted octanol–water partition coefficient (Wildman–Crippen LogP) is 6.25. The second-order valence-corrected chi connectivity index (χ2v) is 7.29. The van der Waals surface area contributed by atoms with E-state index in [9.17, 15) is 4.79 Å². The van der Waals surface area contributed by atoms with Crippen molar-refractivity contribution in [3.05, 3.63) is 78.5 Å². The summed E-state index contributed by atoms with van der Waals surface area (Å²) in [5.74, 6) is 2.45. The monoisotopic (exact) mass is 443 g/mol. The highest BCUT2D eigenvalue weighted by molar-refractivity contribution is 5.99. The molecule has 0 radical (unpaired) electrons. The number of carbonyl (C=O) groups excluding carboxylic acids is 1. The van der Waals surface area contributed by atoms with Crippen LogP contribution in [0.1, 0.15) is 12.5 Å². The number of nitrogens with one attached hydrogen (secondary N) is 2. The molecule has 0 aliphatic heterocycles. The average Bonchev–Trinajstić information content (AvgIpc) is 2.85. The molecule has 168 valence electrons. The summed E-state index contributed by atoms with van der Waals surface area (Å²) in [6.45, 7) is 2.09. The zero-order valence-corrected chi connectivity index (χ0v) is 18.7. The molecule has 0 unspecified atom stereocenters. The minimum Gasteiger partial charge on any atom is -0.493 e. The van der Waals surface area contributed by atoms with Crippen LogP contribution in [-0.4, -0.2) is 25.2 Å². The number of hydrogen-bond donors (Lipinski definition) is 2. The molecule has 1 aromatic heterocycles. The van der Waals surface area contributed by atoms with E-state index in [1.807, 2.05) is 36.4 Å². The maximum Gasteiger partial charge on any atom is 0.323 e. The van der Waals surface area contributed by atoms with Crippen LogP contribution in [-0.2, 0) is 6.42 Å². The van der Waals surface area contributed by atoms with Crippen LogP contribution in [0, 0.1) is 0 Å². The molecule has 2 N–H and O–H groups in total. The molecule has 4 aromatic rings. The van der Waals surface area contributed by atoms with Crippen molar-refractivity contribution in [2.45, 2.75) is 13.3 Å². The number of rotatable bonds is 7. The highest BCUT2D eigenvalue weighted by Crippen LogP contribution is 2.37. The van der Waals surface area contributed by atoms with Gasteiger partial charge in [0.15, 0.2) is 11.5 Å². The second kappa shape index (κ2) is 9.91. The lowest BCUT2D eigenvalue weighted by atomic mass is 10.1. The maximum atomic E-state index is 12.3. The molecule has 7 nitrogen and oxygen atoms in total. The van der Waals surface area contributed by atoms with Crippen molar-refractivity contribution in [2.75, 3.05) is 24.9 Å². The Bertz CT molecular complexity index is 1260. The van der Waals surface area contributed by atoms with Gasteiger partial charge in [0.05, 0.1) is 19.7 Å². The van der Waals surface area contributed by atoms with E-state index in [0.29, 0.717) is 28.7 Å². The van der Waals surface area contributed by atoms with Crippen LogP contribution in [0.15, 0.2) is 72.9 Å². The number of fused-ring (bicyclic) bond motifs is 1. The van der Waals surface area contributed by atoms with E-state index in [-0.39, 0.29) is 6.03 Å². The minimum absolute atomic E-state index is 0.311. The van der Waals surface area contributed by atoms with Crippen LogP contribution in [0.25, 0.3) is 10.9 Å². The smallest absolute Gasteiger partial charge is 0.323 e. The molecule has 0 saturated heterocycles. The Balaban J connectivity index is 1.45. The van der Waals surface area contributed by atoms with Gasteiger partial charge in [0, 0.05) is 29.0 Å². The summed E-state index contributed by atoms with van der Waals surface area (Å²) in [6.07, 6.45) is 2.63. The van der Waals surface area contributed by atoms with Crippen molar-refractivity contribution in [3.8, 4) is 23.0 Å². The van der Waals surface area contributed by atoms with E-state index >= 15 is 0 Å². The van der Waals surface area contributed by atoms with Crippen LogP contribution < -0.4 is 24.8 Å². The fourth-order valence-electron chi connectivity index (χ4n) is 3.39. The summed E-state index contributed by atoms with van der Waals surface area (Å²) in [5, 5.41) is 6.44. The number of amides is 2. The number of aryl methyl sites for hydroxylation is 1. The van der Waals surface area contributed by atoms with Crippen LogP contribution in [0.3, 0.4) is 0 Å². The number of carbonyl (C=O) groups is 1.